The normalized spacial score (nSPS) is 13.4. The second kappa shape index (κ2) is 14.6. The molecule has 0 heterocycles. The molecule has 0 fully saturated rings. The fourth-order valence-corrected chi connectivity index (χ4v) is 7.51. The van der Waals surface area contributed by atoms with Crippen LogP contribution in [0.1, 0.15) is 53.5 Å². The fraction of sp³-hybridized carbons (Fsp3) is 0.233. The number of rotatable bonds is 11. The zero-order valence-electron chi connectivity index (χ0n) is 29.2. The van der Waals surface area contributed by atoms with Crippen LogP contribution >= 0.6 is 0 Å². The molecule has 52 heavy (non-hydrogen) atoms. The van der Waals surface area contributed by atoms with E-state index < -0.39 is 30.2 Å². The highest BCUT2D eigenvalue weighted by molar-refractivity contribution is 5.82. The van der Waals surface area contributed by atoms with E-state index in [-0.39, 0.29) is 37.3 Å². The molecular formula is C43H39NO8. The Morgan fingerprint density at radius 1 is 0.673 bits per heavy atom. The molecule has 0 saturated carbocycles. The smallest absolute Gasteiger partial charge is 0.497 e. The molecule has 0 spiro atoms. The average molecular weight is 698 g/mol. The Bertz CT molecular complexity index is 2050. The number of carboxylic acid groups (broad SMARTS) is 1. The number of ether oxygens (including phenoxy) is 4. The molecule has 9 heteroatoms. The number of amides is 1. The largest absolute Gasteiger partial charge is 0.513 e. The Kier molecular flexibility index (Phi) is 9.67. The number of fused-ring (bicyclic) bond motifs is 6. The number of methoxy groups -OCH3 is 1. The van der Waals surface area contributed by atoms with Gasteiger partial charge in [0.25, 0.3) is 0 Å². The van der Waals surface area contributed by atoms with Crippen molar-refractivity contribution in [1.29, 1.82) is 0 Å². The molecule has 0 saturated heterocycles. The monoisotopic (exact) mass is 697 g/mol. The quantitative estimate of drug-likeness (QED) is 0.108. The van der Waals surface area contributed by atoms with Gasteiger partial charge in [0.05, 0.1) is 13.7 Å². The summed E-state index contributed by atoms with van der Waals surface area (Å²) in [4.78, 5) is 41.1. The van der Waals surface area contributed by atoms with E-state index >= 15 is 0 Å². The number of hydrogen-bond acceptors (Lipinski definition) is 7. The second-order valence-electron chi connectivity index (χ2n) is 13.3. The summed E-state index contributed by atoms with van der Waals surface area (Å²) >= 11 is 0. The molecule has 1 atom stereocenters. The number of hydrogen-bond donors (Lipinski definition) is 1. The molecule has 0 aromatic heterocycles. The third-order valence-electron chi connectivity index (χ3n) is 9.93. The summed E-state index contributed by atoms with van der Waals surface area (Å²) in [6.07, 6.45) is -1.74. The average Bonchev–Trinajstić information content (AvgIpc) is 3.65. The highest BCUT2D eigenvalue weighted by Gasteiger charge is 2.36. The van der Waals surface area contributed by atoms with Crippen LogP contribution in [0.3, 0.4) is 0 Å². The summed E-state index contributed by atoms with van der Waals surface area (Å²) in [7, 11) is 1.48. The Morgan fingerprint density at radius 2 is 1.13 bits per heavy atom. The summed E-state index contributed by atoms with van der Waals surface area (Å²) in [5, 5.41) is 10.3. The van der Waals surface area contributed by atoms with Gasteiger partial charge < -0.3 is 24.1 Å². The van der Waals surface area contributed by atoms with E-state index in [1.54, 1.807) is 26.0 Å². The van der Waals surface area contributed by atoms with Crippen LogP contribution < -0.4 is 9.47 Å². The highest BCUT2D eigenvalue weighted by Crippen LogP contribution is 2.46. The number of carbonyl (C=O) groups excluding carboxylic acids is 2. The maximum absolute atomic E-state index is 14.0. The van der Waals surface area contributed by atoms with E-state index in [1.165, 1.54) is 18.1 Å². The Hall–Kier alpha value is -6.09. The SMILES string of the molecule is COc1ccc(CN(C(=O)OCC2c3ccccc3-c3ccccc32)[C@H](C(=O)O)C(C)C)c(OC(=O)OCC2c3ccccc3-c3ccccc32)c1. The van der Waals surface area contributed by atoms with Gasteiger partial charge in [-0.25, -0.2) is 14.4 Å². The summed E-state index contributed by atoms with van der Waals surface area (Å²) in [5.74, 6) is -1.57. The van der Waals surface area contributed by atoms with Gasteiger partial charge in [-0.15, -0.1) is 0 Å². The third-order valence-corrected chi connectivity index (χ3v) is 9.93. The minimum absolute atomic E-state index is 0.0134. The first-order valence-electron chi connectivity index (χ1n) is 17.3. The van der Waals surface area contributed by atoms with Gasteiger partial charge in [0.15, 0.2) is 0 Å². The number of aliphatic carboxylic acids is 1. The Labute approximate surface area is 302 Å². The fourth-order valence-electron chi connectivity index (χ4n) is 7.51. The Balaban J connectivity index is 1.11. The van der Waals surface area contributed by atoms with Crippen LogP contribution in [-0.2, 0) is 20.8 Å². The van der Waals surface area contributed by atoms with Gasteiger partial charge in [0, 0.05) is 23.5 Å². The molecule has 0 unspecified atom stereocenters. The number of benzene rings is 5. The van der Waals surface area contributed by atoms with Gasteiger partial charge in [-0.1, -0.05) is 111 Å². The van der Waals surface area contributed by atoms with Crippen LogP contribution in [0.15, 0.2) is 115 Å². The highest BCUT2D eigenvalue weighted by atomic mass is 16.7. The molecular weight excluding hydrogens is 658 g/mol. The second-order valence-corrected chi connectivity index (χ2v) is 13.3. The van der Waals surface area contributed by atoms with E-state index in [4.69, 9.17) is 18.9 Å². The molecule has 5 aromatic rings. The van der Waals surface area contributed by atoms with Crippen LogP contribution in [-0.4, -0.2) is 54.6 Å². The summed E-state index contributed by atoms with van der Waals surface area (Å²) in [6.45, 7) is 3.29. The van der Waals surface area contributed by atoms with Crippen molar-refractivity contribution >= 4 is 18.2 Å². The minimum Gasteiger partial charge on any atom is -0.497 e. The zero-order chi connectivity index (χ0) is 36.4. The standard InChI is InChI=1S/C43H39NO8/c1-26(2)40(41(45)46)44(42(47)50-24-37-33-16-8-4-12-29(33)30-13-5-9-17-34(30)37)23-27-20-21-28(49-3)22-39(27)52-43(48)51-25-38-35-18-10-6-14-31(35)32-15-7-11-19-36(32)38/h4-22,26,37-38,40H,23-25H2,1-3H3,(H,45,46)/t40-/m0/s1. The number of carbonyl (C=O) groups is 3. The first-order chi connectivity index (χ1) is 25.2. The topological polar surface area (TPSA) is 112 Å². The summed E-state index contributed by atoms with van der Waals surface area (Å²) in [5.41, 5.74) is 8.92. The predicted octanol–water partition coefficient (Wildman–Crippen LogP) is 8.88. The molecule has 0 aliphatic heterocycles. The van der Waals surface area contributed by atoms with Crippen molar-refractivity contribution in [3.8, 4) is 33.8 Å². The third kappa shape index (κ3) is 6.57. The zero-order valence-corrected chi connectivity index (χ0v) is 29.2. The number of nitrogens with zero attached hydrogens (tertiary/aromatic N) is 1. The van der Waals surface area contributed by atoms with Crippen LogP contribution in [0, 0.1) is 5.92 Å². The van der Waals surface area contributed by atoms with Crippen LogP contribution in [0.2, 0.25) is 0 Å². The van der Waals surface area contributed by atoms with E-state index in [1.807, 2.05) is 84.9 Å². The molecule has 2 aliphatic rings. The van der Waals surface area contributed by atoms with Gasteiger partial charge in [-0.3, -0.25) is 4.90 Å². The van der Waals surface area contributed by atoms with Gasteiger partial charge in [0.1, 0.15) is 30.8 Å². The molecule has 9 nitrogen and oxygen atoms in total. The van der Waals surface area contributed by atoms with Crippen molar-refractivity contribution < 1.29 is 38.4 Å². The van der Waals surface area contributed by atoms with E-state index in [9.17, 15) is 19.5 Å². The van der Waals surface area contributed by atoms with Gasteiger partial charge in [-0.05, 0) is 62.6 Å². The molecule has 1 amide bonds. The molecule has 0 bridgehead atoms. The van der Waals surface area contributed by atoms with Crippen molar-refractivity contribution in [2.45, 2.75) is 38.3 Å². The van der Waals surface area contributed by atoms with E-state index in [0.717, 1.165) is 44.5 Å². The lowest BCUT2D eigenvalue weighted by Crippen LogP contribution is -2.48. The van der Waals surface area contributed by atoms with Crippen molar-refractivity contribution in [2.24, 2.45) is 5.92 Å². The van der Waals surface area contributed by atoms with Crippen LogP contribution in [0.25, 0.3) is 22.3 Å². The molecule has 0 radical (unpaired) electrons. The van der Waals surface area contributed by atoms with Gasteiger partial charge in [0.2, 0.25) is 0 Å². The van der Waals surface area contributed by atoms with Crippen molar-refractivity contribution in [2.75, 3.05) is 20.3 Å². The lowest BCUT2D eigenvalue weighted by Gasteiger charge is -2.31. The summed E-state index contributed by atoms with van der Waals surface area (Å²) < 4.78 is 22.8. The van der Waals surface area contributed by atoms with Crippen LogP contribution in [0.4, 0.5) is 9.59 Å². The molecule has 1 N–H and O–H groups in total. The Morgan fingerprint density at radius 3 is 1.58 bits per heavy atom. The molecule has 2 aliphatic carbocycles. The molecule has 264 valence electrons. The lowest BCUT2D eigenvalue weighted by molar-refractivity contribution is -0.144. The molecule has 7 rings (SSSR count). The van der Waals surface area contributed by atoms with Crippen molar-refractivity contribution in [1.82, 2.24) is 4.90 Å². The number of carboxylic acids is 1. The van der Waals surface area contributed by atoms with Crippen molar-refractivity contribution in [3.05, 3.63) is 143 Å². The van der Waals surface area contributed by atoms with Crippen molar-refractivity contribution in [3.63, 3.8) is 0 Å². The predicted molar refractivity (Wildman–Crippen MR) is 196 cm³/mol. The minimum atomic E-state index is -1.24. The van der Waals surface area contributed by atoms with E-state index in [0.29, 0.717) is 11.3 Å². The maximum atomic E-state index is 14.0. The van der Waals surface area contributed by atoms with Gasteiger partial charge >= 0.3 is 18.2 Å². The first-order valence-corrected chi connectivity index (χ1v) is 17.3. The molecule has 5 aromatic carbocycles. The summed E-state index contributed by atoms with van der Waals surface area (Å²) in [6, 6.07) is 35.6. The lowest BCUT2D eigenvalue weighted by atomic mass is 9.98. The van der Waals surface area contributed by atoms with E-state index in [2.05, 4.69) is 12.1 Å². The van der Waals surface area contributed by atoms with Gasteiger partial charge in [-0.2, -0.15) is 0 Å². The first kappa shape index (κ1) is 34.4. The van der Waals surface area contributed by atoms with Crippen LogP contribution in [0.5, 0.6) is 11.5 Å². The maximum Gasteiger partial charge on any atom is 0.513 e.